The van der Waals surface area contributed by atoms with E-state index >= 15 is 0 Å². The number of ether oxygens (including phenoxy) is 1. The van der Waals surface area contributed by atoms with Crippen molar-refractivity contribution in [3.63, 3.8) is 0 Å². The molecule has 29 heavy (non-hydrogen) atoms. The first kappa shape index (κ1) is 23.3. The van der Waals surface area contributed by atoms with Crippen molar-refractivity contribution < 1.29 is 9.26 Å². The van der Waals surface area contributed by atoms with Crippen LogP contribution in [0.15, 0.2) is 39.8 Å². The lowest BCUT2D eigenvalue weighted by Crippen LogP contribution is -2.51. The maximum absolute atomic E-state index is 5.54. The molecule has 1 aliphatic rings. The van der Waals surface area contributed by atoms with Gasteiger partial charge in [0.25, 0.3) is 0 Å². The first-order valence-corrected chi connectivity index (χ1v) is 10.1. The van der Waals surface area contributed by atoms with Crippen LogP contribution in [0.1, 0.15) is 38.1 Å². The molecule has 3 rings (SSSR count). The minimum atomic E-state index is 0. The van der Waals surface area contributed by atoms with Crippen LogP contribution in [-0.4, -0.2) is 43.9 Å². The Balaban J connectivity index is 0.00000300. The lowest BCUT2D eigenvalue weighted by atomic mass is 10.0. The van der Waals surface area contributed by atoms with Gasteiger partial charge in [0, 0.05) is 31.7 Å². The number of aryl methyl sites for hydroxylation is 1. The number of nitrogens with one attached hydrogen (secondary N) is 2. The molecule has 0 saturated carbocycles. The van der Waals surface area contributed by atoms with Crippen molar-refractivity contribution in [2.45, 2.75) is 45.7 Å². The standard InChI is InChI=1S/C21H31N5O2.HI/c1-4-16-13-18(28-25-16)14-23-21(22-5-2)24-17-9-8-12-26(15-17)19-10-6-7-11-20(19)27-3;/h6-7,10-11,13,17H,4-5,8-9,12,14-15H2,1-3H3,(H2,22,23,24);1H. The molecule has 2 heterocycles. The second-order valence-corrected chi connectivity index (χ2v) is 6.93. The summed E-state index contributed by atoms with van der Waals surface area (Å²) in [7, 11) is 1.72. The van der Waals surface area contributed by atoms with Crippen LogP contribution in [0.3, 0.4) is 0 Å². The first-order chi connectivity index (χ1) is 13.7. The highest BCUT2D eigenvalue weighted by Gasteiger charge is 2.22. The number of aliphatic imine (C=N–C) groups is 1. The van der Waals surface area contributed by atoms with Gasteiger partial charge in [-0.2, -0.15) is 0 Å². The van der Waals surface area contributed by atoms with Gasteiger partial charge in [-0.05, 0) is 38.3 Å². The summed E-state index contributed by atoms with van der Waals surface area (Å²) in [6.07, 6.45) is 3.10. The summed E-state index contributed by atoms with van der Waals surface area (Å²) >= 11 is 0. The Hall–Kier alpha value is -1.97. The van der Waals surface area contributed by atoms with Crippen LogP contribution in [0, 0.1) is 0 Å². The molecule has 7 nitrogen and oxygen atoms in total. The summed E-state index contributed by atoms with van der Waals surface area (Å²) in [5, 5.41) is 10.9. The largest absolute Gasteiger partial charge is 0.495 e. The van der Waals surface area contributed by atoms with Crippen LogP contribution in [-0.2, 0) is 13.0 Å². The summed E-state index contributed by atoms with van der Waals surface area (Å²) in [5.74, 6) is 2.51. The average Bonchev–Trinajstić information content (AvgIpc) is 3.20. The molecule has 2 N–H and O–H groups in total. The van der Waals surface area contributed by atoms with Crippen molar-refractivity contribution in [3.8, 4) is 5.75 Å². The number of nitrogens with zero attached hydrogens (tertiary/aromatic N) is 3. The lowest BCUT2D eigenvalue weighted by Gasteiger charge is -2.36. The number of rotatable bonds is 7. The molecule has 2 aromatic rings. The highest BCUT2D eigenvalue weighted by molar-refractivity contribution is 14.0. The van der Waals surface area contributed by atoms with Crippen LogP contribution < -0.4 is 20.3 Å². The van der Waals surface area contributed by atoms with E-state index < -0.39 is 0 Å². The number of benzene rings is 1. The van der Waals surface area contributed by atoms with Gasteiger partial charge in [-0.3, -0.25) is 0 Å². The number of hydrogen-bond donors (Lipinski definition) is 2. The van der Waals surface area contributed by atoms with Crippen LogP contribution in [0.4, 0.5) is 5.69 Å². The number of guanidine groups is 1. The molecule has 160 valence electrons. The molecule has 0 amide bonds. The maximum Gasteiger partial charge on any atom is 0.191 e. The van der Waals surface area contributed by atoms with E-state index in [0.29, 0.717) is 12.6 Å². The number of anilines is 1. The molecule has 1 saturated heterocycles. The molecule has 1 aliphatic heterocycles. The highest BCUT2D eigenvalue weighted by atomic mass is 127. The van der Waals surface area contributed by atoms with Crippen molar-refractivity contribution in [1.29, 1.82) is 0 Å². The number of hydrogen-bond acceptors (Lipinski definition) is 5. The van der Waals surface area contributed by atoms with Crippen molar-refractivity contribution in [3.05, 3.63) is 41.8 Å². The van der Waals surface area contributed by atoms with E-state index in [1.165, 1.54) is 0 Å². The smallest absolute Gasteiger partial charge is 0.191 e. The molecule has 1 aromatic heterocycles. The third kappa shape index (κ3) is 6.52. The Morgan fingerprint density at radius 2 is 2.17 bits per heavy atom. The maximum atomic E-state index is 5.54. The molecule has 0 spiro atoms. The Bertz CT molecular complexity index is 780. The van der Waals surface area contributed by atoms with Gasteiger partial charge in [0.15, 0.2) is 11.7 Å². The minimum Gasteiger partial charge on any atom is -0.495 e. The molecular formula is C21H32IN5O2. The third-order valence-corrected chi connectivity index (χ3v) is 4.90. The molecule has 1 unspecified atom stereocenters. The zero-order valence-electron chi connectivity index (χ0n) is 17.5. The summed E-state index contributed by atoms with van der Waals surface area (Å²) < 4.78 is 10.9. The highest BCUT2D eigenvalue weighted by Crippen LogP contribution is 2.29. The summed E-state index contributed by atoms with van der Waals surface area (Å²) in [4.78, 5) is 7.06. The van der Waals surface area contributed by atoms with E-state index in [4.69, 9.17) is 9.26 Å². The molecule has 1 atom stereocenters. The fraction of sp³-hybridized carbons (Fsp3) is 0.524. The predicted molar refractivity (Wildman–Crippen MR) is 127 cm³/mol. The second-order valence-electron chi connectivity index (χ2n) is 6.93. The zero-order chi connectivity index (χ0) is 19.8. The van der Waals surface area contributed by atoms with Gasteiger partial charge in [0.05, 0.1) is 18.5 Å². The predicted octanol–water partition coefficient (Wildman–Crippen LogP) is 3.59. The van der Waals surface area contributed by atoms with E-state index in [0.717, 1.165) is 67.7 Å². The number of para-hydroxylation sites is 2. The normalized spacial score (nSPS) is 16.9. The Kier molecular flexibility index (Phi) is 9.56. The topological polar surface area (TPSA) is 74.9 Å². The molecular weight excluding hydrogens is 481 g/mol. The van der Waals surface area contributed by atoms with Gasteiger partial charge in [0.1, 0.15) is 12.3 Å². The van der Waals surface area contributed by atoms with E-state index in [1.54, 1.807) is 7.11 Å². The van der Waals surface area contributed by atoms with Gasteiger partial charge < -0.3 is 24.8 Å². The first-order valence-electron chi connectivity index (χ1n) is 10.1. The van der Waals surface area contributed by atoms with Gasteiger partial charge in [-0.1, -0.05) is 24.2 Å². The zero-order valence-corrected chi connectivity index (χ0v) is 19.8. The SMILES string of the molecule is CCNC(=NCc1cc(CC)no1)NC1CCCN(c2ccccc2OC)C1.I. The fourth-order valence-electron chi connectivity index (χ4n) is 3.47. The van der Waals surface area contributed by atoms with Gasteiger partial charge >= 0.3 is 0 Å². The quantitative estimate of drug-likeness (QED) is 0.335. The third-order valence-electron chi connectivity index (χ3n) is 4.90. The van der Waals surface area contributed by atoms with E-state index in [-0.39, 0.29) is 24.0 Å². The lowest BCUT2D eigenvalue weighted by molar-refractivity contribution is 0.379. The minimum absolute atomic E-state index is 0. The molecule has 1 fully saturated rings. The second kappa shape index (κ2) is 11.9. The summed E-state index contributed by atoms with van der Waals surface area (Å²) in [6, 6.07) is 10.5. The van der Waals surface area contributed by atoms with Gasteiger partial charge in [-0.25, -0.2) is 4.99 Å². The van der Waals surface area contributed by atoms with Crippen molar-refractivity contribution in [2.24, 2.45) is 4.99 Å². The fourth-order valence-corrected chi connectivity index (χ4v) is 3.47. The van der Waals surface area contributed by atoms with E-state index in [9.17, 15) is 0 Å². The Morgan fingerprint density at radius 1 is 1.34 bits per heavy atom. The van der Waals surface area contributed by atoms with Crippen molar-refractivity contribution >= 4 is 35.6 Å². The summed E-state index contributed by atoms with van der Waals surface area (Å²) in [5.41, 5.74) is 2.11. The number of aromatic nitrogens is 1. The van der Waals surface area contributed by atoms with Crippen LogP contribution >= 0.6 is 24.0 Å². The monoisotopic (exact) mass is 513 g/mol. The van der Waals surface area contributed by atoms with E-state index in [1.807, 2.05) is 18.2 Å². The Labute approximate surface area is 190 Å². The molecule has 0 aliphatic carbocycles. The molecule has 8 heteroatoms. The molecule has 0 radical (unpaired) electrons. The van der Waals surface area contributed by atoms with Crippen LogP contribution in [0.25, 0.3) is 0 Å². The number of methoxy groups -OCH3 is 1. The van der Waals surface area contributed by atoms with Gasteiger partial charge in [0.2, 0.25) is 0 Å². The Morgan fingerprint density at radius 3 is 2.90 bits per heavy atom. The summed E-state index contributed by atoms with van der Waals surface area (Å²) in [6.45, 7) is 7.36. The average molecular weight is 513 g/mol. The molecule has 1 aromatic carbocycles. The van der Waals surface area contributed by atoms with Crippen LogP contribution in [0.2, 0.25) is 0 Å². The van der Waals surface area contributed by atoms with Crippen molar-refractivity contribution in [1.82, 2.24) is 15.8 Å². The molecule has 0 bridgehead atoms. The van der Waals surface area contributed by atoms with Crippen LogP contribution in [0.5, 0.6) is 5.75 Å². The van der Waals surface area contributed by atoms with Crippen molar-refractivity contribution in [2.75, 3.05) is 31.6 Å². The van der Waals surface area contributed by atoms with Gasteiger partial charge in [-0.15, -0.1) is 24.0 Å². The van der Waals surface area contributed by atoms with E-state index in [2.05, 4.69) is 51.7 Å². The number of piperidine rings is 1. The number of halogens is 1.